The van der Waals surface area contributed by atoms with Crippen LogP contribution in [0, 0.1) is 20.8 Å². The van der Waals surface area contributed by atoms with Gasteiger partial charge < -0.3 is 14.4 Å². The van der Waals surface area contributed by atoms with Crippen molar-refractivity contribution in [2.75, 3.05) is 38.2 Å². The van der Waals surface area contributed by atoms with Gasteiger partial charge in [-0.3, -0.25) is 0 Å². The molecule has 1 saturated heterocycles. The van der Waals surface area contributed by atoms with E-state index in [4.69, 9.17) is 9.47 Å². The number of methoxy groups -OCH3 is 1. The predicted molar refractivity (Wildman–Crippen MR) is 116 cm³/mol. The molecule has 1 aromatic carbocycles. The number of ether oxygens (including phenoxy) is 2. The number of benzene rings is 1. The van der Waals surface area contributed by atoms with Gasteiger partial charge >= 0.3 is 0 Å². The van der Waals surface area contributed by atoms with E-state index in [0.717, 1.165) is 16.9 Å². The van der Waals surface area contributed by atoms with Crippen molar-refractivity contribution in [2.24, 2.45) is 0 Å². The number of hydrogen-bond donors (Lipinski definition) is 0. The molecule has 0 N–H and O–H groups in total. The van der Waals surface area contributed by atoms with Crippen molar-refractivity contribution in [1.29, 1.82) is 0 Å². The lowest BCUT2D eigenvalue weighted by atomic mass is 10.1. The van der Waals surface area contributed by atoms with Gasteiger partial charge in [-0.25, -0.2) is 13.4 Å². The minimum atomic E-state index is -3.58. The van der Waals surface area contributed by atoms with Crippen LogP contribution in [0.1, 0.15) is 30.8 Å². The second kappa shape index (κ2) is 8.77. The van der Waals surface area contributed by atoms with Gasteiger partial charge in [-0.2, -0.15) is 9.29 Å². The monoisotopic (exact) mass is 434 g/mol. The van der Waals surface area contributed by atoms with Crippen molar-refractivity contribution < 1.29 is 17.9 Å². The number of piperazine rings is 1. The van der Waals surface area contributed by atoms with Crippen LogP contribution in [0.15, 0.2) is 23.1 Å². The fraction of sp³-hybridized carbons (Fsp3) is 0.524. The number of aryl methyl sites for hydroxylation is 1. The molecule has 9 heteroatoms. The smallest absolute Gasteiger partial charge is 0.243 e. The van der Waals surface area contributed by atoms with E-state index in [1.54, 1.807) is 19.2 Å². The Bertz CT molecular complexity index is 1020. The van der Waals surface area contributed by atoms with Crippen molar-refractivity contribution in [3.8, 4) is 11.6 Å². The molecule has 0 amide bonds. The van der Waals surface area contributed by atoms with Gasteiger partial charge in [0.15, 0.2) is 0 Å². The molecular formula is C21H30N4O4S. The van der Waals surface area contributed by atoms with Gasteiger partial charge in [0.25, 0.3) is 0 Å². The first-order valence-electron chi connectivity index (χ1n) is 10.0. The maximum absolute atomic E-state index is 13.3. The van der Waals surface area contributed by atoms with E-state index in [0.29, 0.717) is 48.5 Å². The molecule has 1 fully saturated rings. The molecule has 0 aliphatic carbocycles. The largest absolute Gasteiger partial charge is 0.496 e. The minimum Gasteiger partial charge on any atom is -0.496 e. The third-order valence-corrected chi connectivity index (χ3v) is 7.29. The van der Waals surface area contributed by atoms with Crippen molar-refractivity contribution in [2.45, 2.75) is 45.6 Å². The molecule has 2 heterocycles. The third-order valence-electron chi connectivity index (χ3n) is 5.25. The highest BCUT2D eigenvalue weighted by atomic mass is 32.2. The minimum absolute atomic E-state index is 0.0188. The van der Waals surface area contributed by atoms with Crippen LogP contribution in [0.5, 0.6) is 11.6 Å². The summed E-state index contributed by atoms with van der Waals surface area (Å²) in [6.07, 6.45) is 0.0188. The van der Waals surface area contributed by atoms with E-state index in [-0.39, 0.29) is 6.10 Å². The number of nitrogens with zero attached hydrogens (tertiary/aromatic N) is 4. The van der Waals surface area contributed by atoms with E-state index in [1.807, 2.05) is 40.7 Å². The topological polar surface area (TPSA) is 84.9 Å². The lowest BCUT2D eigenvalue weighted by Gasteiger charge is -2.35. The molecule has 2 aromatic rings. The summed E-state index contributed by atoms with van der Waals surface area (Å²) in [6, 6.07) is 5.16. The molecule has 0 unspecified atom stereocenters. The summed E-state index contributed by atoms with van der Waals surface area (Å²) in [6.45, 7) is 11.3. The molecular weight excluding hydrogens is 404 g/mol. The van der Waals surface area contributed by atoms with Crippen LogP contribution in [-0.2, 0) is 10.0 Å². The Morgan fingerprint density at radius 2 is 1.67 bits per heavy atom. The van der Waals surface area contributed by atoms with Crippen LogP contribution in [0.3, 0.4) is 0 Å². The van der Waals surface area contributed by atoms with Gasteiger partial charge in [-0.15, -0.1) is 0 Å². The second-order valence-corrected chi connectivity index (χ2v) is 9.59. The average Bonchev–Trinajstić information content (AvgIpc) is 2.69. The number of hydrogen-bond acceptors (Lipinski definition) is 7. The standard InChI is InChI=1S/C21H30N4O4S/c1-14(2)29-21-13-20(22-17(5)23-21)24-9-11-25(12-10-24)30(26,27)19-8-7-18(28-6)15(3)16(19)4/h7-8,13-14H,9-12H2,1-6H3. The average molecular weight is 435 g/mol. The molecule has 1 aliphatic rings. The van der Waals surface area contributed by atoms with Crippen LogP contribution < -0.4 is 14.4 Å². The molecule has 0 bridgehead atoms. The van der Waals surface area contributed by atoms with Crippen LogP contribution in [0.2, 0.25) is 0 Å². The van der Waals surface area contributed by atoms with Crippen LogP contribution in [0.25, 0.3) is 0 Å². The summed E-state index contributed by atoms with van der Waals surface area (Å²) in [5, 5.41) is 0. The summed E-state index contributed by atoms with van der Waals surface area (Å²) in [7, 11) is -2.00. The van der Waals surface area contributed by atoms with E-state index in [1.165, 1.54) is 4.31 Å². The molecule has 1 aliphatic heterocycles. The zero-order valence-corrected chi connectivity index (χ0v) is 19.3. The molecule has 0 radical (unpaired) electrons. The number of anilines is 1. The Hall–Kier alpha value is -2.39. The quantitative estimate of drug-likeness (QED) is 0.691. The Morgan fingerprint density at radius 1 is 1.00 bits per heavy atom. The molecule has 8 nitrogen and oxygen atoms in total. The number of rotatable bonds is 6. The van der Waals surface area contributed by atoms with E-state index in [2.05, 4.69) is 14.9 Å². The molecule has 3 rings (SSSR count). The van der Waals surface area contributed by atoms with E-state index in [9.17, 15) is 8.42 Å². The Morgan fingerprint density at radius 3 is 2.27 bits per heavy atom. The Balaban J connectivity index is 1.77. The first-order valence-corrected chi connectivity index (χ1v) is 11.5. The van der Waals surface area contributed by atoms with Crippen LogP contribution in [0.4, 0.5) is 5.82 Å². The lowest BCUT2D eigenvalue weighted by Crippen LogP contribution is -2.49. The highest BCUT2D eigenvalue weighted by Gasteiger charge is 2.31. The molecule has 0 atom stereocenters. The summed E-state index contributed by atoms with van der Waals surface area (Å²) >= 11 is 0. The molecule has 164 valence electrons. The maximum atomic E-state index is 13.3. The van der Waals surface area contributed by atoms with Crippen molar-refractivity contribution >= 4 is 15.8 Å². The SMILES string of the molecule is COc1ccc(S(=O)(=O)N2CCN(c3cc(OC(C)C)nc(C)n3)CC2)c(C)c1C. The van der Waals surface area contributed by atoms with Gasteiger partial charge in [0, 0.05) is 32.2 Å². The van der Waals surface area contributed by atoms with Crippen LogP contribution in [-0.4, -0.2) is 62.1 Å². The fourth-order valence-corrected chi connectivity index (χ4v) is 5.26. The Kier molecular flexibility index (Phi) is 6.52. The first kappa shape index (κ1) is 22.3. The highest BCUT2D eigenvalue weighted by molar-refractivity contribution is 7.89. The summed E-state index contributed by atoms with van der Waals surface area (Å²) < 4.78 is 39.1. The number of aromatic nitrogens is 2. The molecule has 0 spiro atoms. The summed E-state index contributed by atoms with van der Waals surface area (Å²) in [5.74, 6) is 2.61. The van der Waals surface area contributed by atoms with Gasteiger partial charge in [0.1, 0.15) is 17.4 Å². The maximum Gasteiger partial charge on any atom is 0.243 e. The Labute approximate surface area is 178 Å². The van der Waals surface area contributed by atoms with Gasteiger partial charge in [-0.1, -0.05) is 0 Å². The zero-order valence-electron chi connectivity index (χ0n) is 18.5. The summed E-state index contributed by atoms with van der Waals surface area (Å²) in [5.41, 5.74) is 1.56. The van der Waals surface area contributed by atoms with Crippen LogP contribution >= 0.6 is 0 Å². The van der Waals surface area contributed by atoms with Crippen molar-refractivity contribution in [3.05, 3.63) is 35.2 Å². The van der Waals surface area contributed by atoms with E-state index < -0.39 is 10.0 Å². The lowest BCUT2D eigenvalue weighted by molar-refractivity contribution is 0.231. The van der Waals surface area contributed by atoms with Gasteiger partial charge in [0.2, 0.25) is 15.9 Å². The van der Waals surface area contributed by atoms with Gasteiger partial charge in [0.05, 0.1) is 18.1 Å². The van der Waals surface area contributed by atoms with Crippen molar-refractivity contribution in [3.63, 3.8) is 0 Å². The second-order valence-electron chi connectivity index (χ2n) is 7.69. The molecule has 0 saturated carbocycles. The van der Waals surface area contributed by atoms with Gasteiger partial charge in [-0.05, 0) is 57.9 Å². The zero-order chi connectivity index (χ0) is 22.1. The summed E-state index contributed by atoms with van der Waals surface area (Å²) in [4.78, 5) is 11.2. The normalized spacial score (nSPS) is 15.5. The third kappa shape index (κ3) is 4.52. The number of sulfonamides is 1. The van der Waals surface area contributed by atoms with Crippen molar-refractivity contribution in [1.82, 2.24) is 14.3 Å². The first-order chi connectivity index (χ1) is 14.1. The molecule has 30 heavy (non-hydrogen) atoms. The van der Waals surface area contributed by atoms with E-state index >= 15 is 0 Å². The fourth-order valence-electron chi connectivity index (χ4n) is 3.56. The highest BCUT2D eigenvalue weighted by Crippen LogP contribution is 2.29. The predicted octanol–water partition coefficient (Wildman–Crippen LogP) is 2.71. The molecule has 1 aromatic heterocycles.